The van der Waals surface area contributed by atoms with Crippen LogP contribution in [0.3, 0.4) is 0 Å². The zero-order valence-corrected chi connectivity index (χ0v) is 16.9. The van der Waals surface area contributed by atoms with Crippen molar-refractivity contribution in [1.29, 1.82) is 0 Å². The number of amides is 1. The number of aromatic hydroxyl groups is 1. The summed E-state index contributed by atoms with van der Waals surface area (Å²) in [6.07, 6.45) is 2.90. The van der Waals surface area contributed by atoms with Crippen LogP contribution in [-0.4, -0.2) is 39.2 Å². The molecule has 3 aromatic rings. The van der Waals surface area contributed by atoms with E-state index in [1.807, 2.05) is 48.5 Å². The highest BCUT2D eigenvalue weighted by Gasteiger charge is 2.39. The predicted molar refractivity (Wildman–Crippen MR) is 118 cm³/mol. The molecule has 1 saturated heterocycles. The zero-order valence-electron chi connectivity index (χ0n) is 16.9. The minimum atomic E-state index is -0.372. The summed E-state index contributed by atoms with van der Waals surface area (Å²) < 4.78 is 0. The highest BCUT2D eigenvalue weighted by atomic mass is 16.3. The van der Waals surface area contributed by atoms with Gasteiger partial charge in [0, 0.05) is 19.0 Å². The molecule has 0 saturated carbocycles. The predicted octanol–water partition coefficient (Wildman–Crippen LogP) is 3.04. The topological polar surface area (TPSA) is 77.8 Å². The smallest absolute Gasteiger partial charge is 0.251 e. The van der Waals surface area contributed by atoms with Crippen molar-refractivity contribution >= 4 is 11.6 Å². The molecule has 0 radical (unpaired) electrons. The molecule has 6 nitrogen and oxygen atoms in total. The van der Waals surface area contributed by atoms with Crippen molar-refractivity contribution in [1.82, 2.24) is 15.2 Å². The molecule has 5 rings (SSSR count). The van der Waals surface area contributed by atoms with E-state index in [-0.39, 0.29) is 17.7 Å². The second-order valence-corrected chi connectivity index (χ2v) is 7.72. The minimum absolute atomic E-state index is 0.0250. The first-order chi connectivity index (χ1) is 15.2. The van der Waals surface area contributed by atoms with Crippen molar-refractivity contribution < 1.29 is 9.90 Å². The van der Waals surface area contributed by atoms with Gasteiger partial charge in [0.2, 0.25) is 0 Å². The molecule has 1 aromatic heterocycles. The van der Waals surface area contributed by atoms with E-state index in [2.05, 4.69) is 22.4 Å². The lowest BCUT2D eigenvalue weighted by atomic mass is 10.1. The van der Waals surface area contributed by atoms with Gasteiger partial charge >= 0.3 is 0 Å². The third-order valence-electron chi connectivity index (χ3n) is 5.55. The number of fused-ring (bicyclic) bond motifs is 1. The Morgan fingerprint density at radius 1 is 0.968 bits per heavy atom. The van der Waals surface area contributed by atoms with Gasteiger partial charge in [0.1, 0.15) is 17.6 Å². The first kappa shape index (κ1) is 19.1. The molecule has 2 aromatic carbocycles. The number of nitrogens with one attached hydrogen (secondary N) is 1. The Morgan fingerprint density at radius 3 is 2.48 bits per heavy atom. The van der Waals surface area contributed by atoms with Gasteiger partial charge in [0.05, 0.1) is 23.6 Å². The van der Waals surface area contributed by atoms with Crippen LogP contribution < -0.4 is 5.32 Å². The van der Waals surface area contributed by atoms with Crippen LogP contribution in [0.1, 0.15) is 16.8 Å². The summed E-state index contributed by atoms with van der Waals surface area (Å²) in [5, 5.41) is 12.9. The fourth-order valence-corrected chi connectivity index (χ4v) is 3.99. The van der Waals surface area contributed by atoms with Crippen LogP contribution >= 0.6 is 0 Å². The number of benzene rings is 2. The summed E-state index contributed by atoms with van der Waals surface area (Å²) >= 11 is 0. The molecule has 6 heteroatoms. The van der Waals surface area contributed by atoms with Gasteiger partial charge in [-0.15, -0.1) is 0 Å². The number of carbonyl (C=O) groups is 1. The molecule has 0 aliphatic carbocycles. The monoisotopic (exact) mass is 410 g/mol. The van der Waals surface area contributed by atoms with Crippen LogP contribution in [-0.2, 0) is 17.6 Å². The van der Waals surface area contributed by atoms with E-state index in [1.165, 1.54) is 0 Å². The quantitative estimate of drug-likeness (QED) is 0.678. The maximum Gasteiger partial charge on any atom is 0.251 e. The van der Waals surface area contributed by atoms with Crippen molar-refractivity contribution in [2.45, 2.75) is 18.9 Å². The lowest BCUT2D eigenvalue weighted by Gasteiger charge is -2.25. The normalized spacial score (nSPS) is 17.9. The maximum atomic E-state index is 13.3. The molecule has 1 unspecified atom stereocenters. The Labute approximate surface area is 180 Å². The van der Waals surface area contributed by atoms with Crippen LogP contribution in [0.5, 0.6) is 5.75 Å². The molecular formula is C25H22N4O2. The number of phenols is 1. The molecule has 2 aliphatic heterocycles. The molecule has 2 aliphatic rings. The zero-order chi connectivity index (χ0) is 21.2. The van der Waals surface area contributed by atoms with E-state index in [4.69, 9.17) is 4.99 Å². The number of allylic oxidation sites excluding steroid dienone is 1. The Bertz CT molecular complexity index is 1160. The molecule has 1 fully saturated rings. The molecule has 154 valence electrons. The highest BCUT2D eigenvalue weighted by Crippen LogP contribution is 2.28. The number of pyridine rings is 1. The summed E-state index contributed by atoms with van der Waals surface area (Å²) in [6.45, 7) is 0.391. The van der Waals surface area contributed by atoms with Crippen LogP contribution in [0.25, 0.3) is 0 Å². The number of rotatable bonds is 5. The molecule has 1 amide bonds. The summed E-state index contributed by atoms with van der Waals surface area (Å²) in [4.78, 5) is 24.4. The van der Waals surface area contributed by atoms with Crippen molar-refractivity contribution in [3.63, 3.8) is 0 Å². The van der Waals surface area contributed by atoms with E-state index in [0.29, 0.717) is 19.4 Å². The van der Waals surface area contributed by atoms with Crippen LogP contribution in [0.2, 0.25) is 0 Å². The van der Waals surface area contributed by atoms with Gasteiger partial charge < -0.3 is 10.4 Å². The number of hydrogen-bond acceptors (Lipinski definition) is 5. The van der Waals surface area contributed by atoms with Crippen LogP contribution in [0, 0.1) is 0 Å². The van der Waals surface area contributed by atoms with Gasteiger partial charge in [-0.05, 0) is 35.4 Å². The van der Waals surface area contributed by atoms with E-state index < -0.39 is 0 Å². The number of nitrogens with zero attached hydrogens (tertiary/aromatic N) is 3. The number of carbonyl (C=O) groups excluding carboxylic acids is 1. The molecule has 3 heterocycles. The van der Waals surface area contributed by atoms with Crippen LogP contribution in [0.4, 0.5) is 0 Å². The van der Waals surface area contributed by atoms with Gasteiger partial charge in [-0.1, -0.05) is 48.5 Å². The summed E-state index contributed by atoms with van der Waals surface area (Å²) in [6, 6.07) is 22.4. The molecular weight excluding hydrogens is 388 g/mol. The number of phenolic OH excluding ortho intramolecular Hbond substituents is 1. The van der Waals surface area contributed by atoms with Crippen LogP contribution in [0.15, 0.2) is 95.5 Å². The standard InChI is InChI=1S/C25H22N4O2/c30-19-11-9-18(10-12-19)15-22-25(31)29-16-23(20-8-4-5-13-26-20)27-21(24(29)28-22)14-17-6-2-1-3-7-17/h1-13,22,28,30H,14-16H2. The third kappa shape index (κ3) is 3.92. The SMILES string of the molecule is O=C1C(Cc2ccc(O)cc2)NC2=C(Cc3ccccc3)N=C(c3ccccn3)CN12. The van der Waals surface area contributed by atoms with Crippen molar-refractivity contribution in [2.24, 2.45) is 4.99 Å². The Morgan fingerprint density at radius 2 is 1.74 bits per heavy atom. The Kier molecular flexibility index (Phi) is 4.96. The van der Waals surface area contributed by atoms with Gasteiger partial charge in [-0.25, -0.2) is 4.99 Å². The highest BCUT2D eigenvalue weighted by molar-refractivity contribution is 6.04. The van der Waals surface area contributed by atoms with E-state index in [1.54, 1.807) is 23.2 Å². The van der Waals surface area contributed by atoms with Gasteiger partial charge in [-0.3, -0.25) is 14.7 Å². The average Bonchev–Trinajstić information content (AvgIpc) is 3.12. The van der Waals surface area contributed by atoms with E-state index >= 15 is 0 Å². The number of aliphatic imine (C=N–C) groups is 1. The first-order valence-electron chi connectivity index (χ1n) is 10.3. The second-order valence-electron chi connectivity index (χ2n) is 7.72. The molecule has 1 atom stereocenters. The first-order valence-corrected chi connectivity index (χ1v) is 10.3. The second kappa shape index (κ2) is 8.07. The summed E-state index contributed by atoms with van der Waals surface area (Å²) in [7, 11) is 0. The van der Waals surface area contributed by atoms with Gasteiger partial charge in [0.15, 0.2) is 0 Å². The maximum absolute atomic E-state index is 13.3. The molecule has 2 N–H and O–H groups in total. The lowest BCUT2D eigenvalue weighted by Crippen LogP contribution is -2.37. The van der Waals surface area contributed by atoms with Crippen molar-refractivity contribution in [3.05, 3.63) is 107 Å². The summed E-state index contributed by atoms with van der Waals surface area (Å²) in [5.74, 6) is 1.02. The number of hydrogen-bond donors (Lipinski definition) is 2. The molecule has 31 heavy (non-hydrogen) atoms. The van der Waals surface area contributed by atoms with Gasteiger partial charge in [-0.2, -0.15) is 0 Å². The lowest BCUT2D eigenvalue weighted by molar-refractivity contribution is -0.127. The largest absolute Gasteiger partial charge is 0.508 e. The van der Waals surface area contributed by atoms with E-state index in [0.717, 1.165) is 34.1 Å². The third-order valence-corrected chi connectivity index (χ3v) is 5.55. The molecule has 0 bridgehead atoms. The van der Waals surface area contributed by atoms with E-state index in [9.17, 15) is 9.90 Å². The van der Waals surface area contributed by atoms with Gasteiger partial charge in [0.25, 0.3) is 5.91 Å². The fraction of sp³-hybridized carbons (Fsp3) is 0.160. The number of aromatic nitrogens is 1. The Balaban J connectivity index is 1.48. The van der Waals surface area contributed by atoms with Crippen molar-refractivity contribution in [2.75, 3.05) is 6.54 Å². The summed E-state index contributed by atoms with van der Waals surface area (Å²) in [5.41, 5.74) is 4.52. The molecule has 0 spiro atoms. The average molecular weight is 410 g/mol. The minimum Gasteiger partial charge on any atom is -0.508 e. The Hall–Kier alpha value is -3.93. The van der Waals surface area contributed by atoms with Crippen molar-refractivity contribution in [3.8, 4) is 5.75 Å². The fourth-order valence-electron chi connectivity index (χ4n) is 3.99.